The van der Waals surface area contributed by atoms with E-state index in [0.29, 0.717) is 12.8 Å². The zero-order chi connectivity index (χ0) is 15.1. The van der Waals surface area contributed by atoms with Gasteiger partial charge < -0.3 is 14.6 Å². The number of esters is 2. The predicted octanol–water partition coefficient (Wildman–Crippen LogP) is 0.686. The molecule has 0 amide bonds. The number of hydrogen-bond donors (Lipinski definition) is 1. The minimum atomic E-state index is -1.01. The van der Waals surface area contributed by atoms with Gasteiger partial charge in [-0.05, 0) is 38.8 Å². The fourth-order valence-corrected chi connectivity index (χ4v) is 1.55. The van der Waals surface area contributed by atoms with Crippen molar-refractivity contribution in [2.75, 3.05) is 0 Å². The Kier molecular flexibility index (Phi) is 6.11. The van der Waals surface area contributed by atoms with Gasteiger partial charge in [-0.15, -0.1) is 0 Å². The molecule has 0 fully saturated rings. The summed E-state index contributed by atoms with van der Waals surface area (Å²) in [6, 6.07) is 0. The highest BCUT2D eigenvalue weighted by molar-refractivity contribution is 5.99. The van der Waals surface area contributed by atoms with Gasteiger partial charge in [0.05, 0.1) is 12.2 Å². The Balaban J connectivity index is 2.82. The van der Waals surface area contributed by atoms with Crippen LogP contribution in [0.4, 0.5) is 0 Å². The Hall–Kier alpha value is -1.95. The molecule has 0 saturated heterocycles. The first-order chi connectivity index (χ1) is 9.38. The van der Waals surface area contributed by atoms with Crippen LogP contribution < -0.4 is 0 Å². The predicted molar refractivity (Wildman–Crippen MR) is 69.6 cm³/mol. The van der Waals surface area contributed by atoms with E-state index in [2.05, 4.69) is 0 Å². The number of ether oxygens (including phenoxy) is 2. The van der Waals surface area contributed by atoms with Crippen LogP contribution in [0.25, 0.3) is 0 Å². The van der Waals surface area contributed by atoms with Crippen molar-refractivity contribution in [2.24, 2.45) is 0 Å². The standard InChI is InChI=1S/C14H18O6/c1-9-3-4-11(15)5-7-14(18)20-10(2)12(16)6-8-13(17)19-9/h5-11,15H,3-4H2,1-2H3/b7-5-,8-6-/t9-,10-,11-/m1/s1. The Morgan fingerprint density at radius 2 is 1.65 bits per heavy atom. The van der Waals surface area contributed by atoms with Crippen molar-refractivity contribution in [3.8, 4) is 0 Å². The molecule has 1 aliphatic rings. The molecule has 1 N–H and O–H groups in total. The van der Waals surface area contributed by atoms with Crippen LogP contribution in [0.2, 0.25) is 0 Å². The first-order valence-electron chi connectivity index (χ1n) is 6.38. The fraction of sp³-hybridized carbons (Fsp3) is 0.500. The topological polar surface area (TPSA) is 89.9 Å². The molecule has 0 radical (unpaired) electrons. The maximum Gasteiger partial charge on any atom is 0.331 e. The smallest absolute Gasteiger partial charge is 0.331 e. The van der Waals surface area contributed by atoms with Crippen molar-refractivity contribution in [3.05, 3.63) is 24.3 Å². The van der Waals surface area contributed by atoms with Gasteiger partial charge in [0.25, 0.3) is 0 Å². The van der Waals surface area contributed by atoms with Gasteiger partial charge in [0.2, 0.25) is 0 Å². The zero-order valence-electron chi connectivity index (χ0n) is 11.4. The molecule has 1 aliphatic heterocycles. The number of ketones is 1. The molecular formula is C14H18O6. The summed E-state index contributed by atoms with van der Waals surface area (Å²) in [5.41, 5.74) is 0. The van der Waals surface area contributed by atoms with E-state index in [1.165, 1.54) is 13.0 Å². The van der Waals surface area contributed by atoms with Gasteiger partial charge in [-0.2, -0.15) is 0 Å². The zero-order valence-corrected chi connectivity index (χ0v) is 11.4. The lowest BCUT2D eigenvalue weighted by atomic mass is 10.1. The number of aliphatic hydroxyl groups excluding tert-OH is 1. The highest BCUT2D eigenvalue weighted by Crippen LogP contribution is 2.08. The van der Waals surface area contributed by atoms with E-state index < -0.39 is 36.0 Å². The number of cyclic esters (lactones) is 2. The lowest BCUT2D eigenvalue weighted by molar-refractivity contribution is -0.147. The van der Waals surface area contributed by atoms with Crippen LogP contribution in [-0.2, 0) is 23.9 Å². The van der Waals surface area contributed by atoms with Crippen LogP contribution in [0.15, 0.2) is 24.3 Å². The highest BCUT2D eigenvalue weighted by Gasteiger charge is 2.16. The van der Waals surface area contributed by atoms with Crippen molar-refractivity contribution in [3.63, 3.8) is 0 Å². The van der Waals surface area contributed by atoms with Gasteiger partial charge in [-0.3, -0.25) is 4.79 Å². The van der Waals surface area contributed by atoms with Crippen molar-refractivity contribution in [2.45, 2.75) is 45.0 Å². The number of carbonyl (C=O) groups excluding carboxylic acids is 3. The van der Waals surface area contributed by atoms with Crippen LogP contribution in [0.1, 0.15) is 26.7 Å². The molecule has 0 saturated carbocycles. The second-order valence-electron chi connectivity index (χ2n) is 4.57. The molecule has 0 spiro atoms. The molecule has 20 heavy (non-hydrogen) atoms. The van der Waals surface area contributed by atoms with E-state index in [4.69, 9.17) is 9.47 Å². The van der Waals surface area contributed by atoms with E-state index >= 15 is 0 Å². The normalized spacial score (nSPS) is 32.8. The Morgan fingerprint density at radius 3 is 2.35 bits per heavy atom. The van der Waals surface area contributed by atoms with E-state index in [-0.39, 0.29) is 0 Å². The van der Waals surface area contributed by atoms with Gasteiger partial charge in [0.1, 0.15) is 0 Å². The van der Waals surface area contributed by atoms with Gasteiger partial charge in [0.15, 0.2) is 11.9 Å². The Bertz CT molecular complexity index is 437. The average molecular weight is 282 g/mol. The molecule has 6 nitrogen and oxygen atoms in total. The third-order valence-electron chi connectivity index (χ3n) is 2.72. The molecule has 0 unspecified atom stereocenters. The van der Waals surface area contributed by atoms with Crippen LogP contribution in [0.3, 0.4) is 0 Å². The van der Waals surface area contributed by atoms with Gasteiger partial charge in [-0.1, -0.05) is 0 Å². The number of hydrogen-bond acceptors (Lipinski definition) is 6. The largest absolute Gasteiger partial charge is 0.460 e. The summed E-state index contributed by atoms with van der Waals surface area (Å²) in [6.07, 6.45) is 2.94. The molecule has 0 aromatic rings. The van der Waals surface area contributed by atoms with Crippen LogP contribution in [0.5, 0.6) is 0 Å². The maximum atomic E-state index is 11.6. The minimum absolute atomic E-state index is 0.344. The quantitative estimate of drug-likeness (QED) is 0.657. The van der Waals surface area contributed by atoms with Crippen LogP contribution in [0, 0.1) is 0 Å². The van der Waals surface area contributed by atoms with Gasteiger partial charge >= 0.3 is 11.9 Å². The van der Waals surface area contributed by atoms with Gasteiger partial charge in [-0.25, -0.2) is 9.59 Å². The summed E-state index contributed by atoms with van der Waals surface area (Å²) in [7, 11) is 0. The summed E-state index contributed by atoms with van der Waals surface area (Å²) in [5.74, 6) is -1.88. The van der Waals surface area contributed by atoms with E-state index in [9.17, 15) is 19.5 Å². The van der Waals surface area contributed by atoms with Gasteiger partial charge in [0, 0.05) is 12.2 Å². The third kappa shape index (κ3) is 5.79. The van der Waals surface area contributed by atoms with E-state index in [0.717, 1.165) is 18.2 Å². The van der Waals surface area contributed by atoms with Crippen molar-refractivity contribution in [1.82, 2.24) is 0 Å². The molecule has 6 heteroatoms. The average Bonchev–Trinajstić information content (AvgIpc) is 2.39. The van der Waals surface area contributed by atoms with Crippen LogP contribution in [-0.4, -0.2) is 41.1 Å². The minimum Gasteiger partial charge on any atom is -0.460 e. The first-order valence-corrected chi connectivity index (χ1v) is 6.38. The van der Waals surface area contributed by atoms with Crippen molar-refractivity contribution >= 4 is 17.7 Å². The highest BCUT2D eigenvalue weighted by atomic mass is 16.5. The van der Waals surface area contributed by atoms with E-state index in [1.54, 1.807) is 6.92 Å². The lowest BCUT2D eigenvalue weighted by Gasteiger charge is -2.14. The summed E-state index contributed by atoms with van der Waals surface area (Å²) in [4.78, 5) is 34.4. The summed E-state index contributed by atoms with van der Waals surface area (Å²) < 4.78 is 9.85. The molecule has 0 aromatic heterocycles. The van der Waals surface area contributed by atoms with Crippen molar-refractivity contribution in [1.29, 1.82) is 0 Å². The molecular weight excluding hydrogens is 264 g/mol. The Labute approximate surface area is 117 Å². The molecule has 1 rings (SSSR count). The Morgan fingerprint density at radius 1 is 1.00 bits per heavy atom. The molecule has 0 bridgehead atoms. The molecule has 0 aromatic carbocycles. The summed E-state index contributed by atoms with van der Waals surface area (Å²) in [6.45, 7) is 3.08. The maximum absolute atomic E-state index is 11.6. The number of aliphatic hydroxyl groups is 1. The van der Waals surface area contributed by atoms with E-state index in [1.807, 2.05) is 0 Å². The summed E-state index contributed by atoms with van der Waals surface area (Å²) in [5, 5.41) is 9.62. The lowest BCUT2D eigenvalue weighted by Crippen LogP contribution is -2.23. The molecule has 0 aliphatic carbocycles. The molecule has 1 heterocycles. The third-order valence-corrected chi connectivity index (χ3v) is 2.72. The second kappa shape index (κ2) is 7.59. The number of carbonyl (C=O) groups is 3. The van der Waals surface area contributed by atoms with Crippen LogP contribution >= 0.6 is 0 Å². The second-order valence-corrected chi connectivity index (χ2v) is 4.57. The van der Waals surface area contributed by atoms with Crippen molar-refractivity contribution < 1.29 is 29.0 Å². The summed E-state index contributed by atoms with van der Waals surface area (Å²) >= 11 is 0. The molecule has 3 atom stereocenters. The fourth-order valence-electron chi connectivity index (χ4n) is 1.55. The SMILES string of the molecule is C[C@@H]1CC[C@@H](O)/C=C\C(=O)O[C@H](C)C(=O)/C=C\C(=O)O1. The first kappa shape index (κ1) is 16.1. The number of rotatable bonds is 0. The monoisotopic (exact) mass is 282 g/mol. The molecule has 110 valence electrons.